The van der Waals surface area contributed by atoms with E-state index in [2.05, 4.69) is 31.5 Å². The Morgan fingerprint density at radius 3 is 2.90 bits per heavy atom. The number of carbonyl (C=O) groups excluding carboxylic acids is 2. The van der Waals surface area contributed by atoms with E-state index in [0.29, 0.717) is 26.6 Å². The number of benzene rings is 1. The maximum absolute atomic E-state index is 12.1. The van der Waals surface area contributed by atoms with E-state index in [9.17, 15) is 9.59 Å². The molecule has 2 N–H and O–H groups in total. The van der Waals surface area contributed by atoms with Gasteiger partial charge < -0.3 is 10.6 Å². The first-order valence-electron chi connectivity index (χ1n) is 6.08. The molecule has 0 saturated heterocycles. The molecule has 2 aromatic rings. The third-order valence-electron chi connectivity index (χ3n) is 3.06. The summed E-state index contributed by atoms with van der Waals surface area (Å²) in [7, 11) is 0. The number of halogens is 2. The predicted molar refractivity (Wildman–Crippen MR) is 83.7 cm³/mol. The van der Waals surface area contributed by atoms with Crippen molar-refractivity contribution < 1.29 is 9.59 Å². The van der Waals surface area contributed by atoms with Gasteiger partial charge in [0.2, 0.25) is 5.91 Å². The van der Waals surface area contributed by atoms with Gasteiger partial charge in [-0.2, -0.15) is 0 Å². The highest BCUT2D eigenvalue weighted by Crippen LogP contribution is 2.33. The first kappa shape index (κ1) is 14.0. The smallest absolute Gasteiger partial charge is 0.257 e. The van der Waals surface area contributed by atoms with Gasteiger partial charge in [0.05, 0.1) is 22.7 Å². The van der Waals surface area contributed by atoms with E-state index in [1.54, 1.807) is 24.3 Å². The quantitative estimate of drug-likeness (QED) is 0.802. The van der Waals surface area contributed by atoms with Crippen molar-refractivity contribution in [2.45, 2.75) is 6.42 Å². The van der Waals surface area contributed by atoms with Crippen LogP contribution in [-0.2, 0) is 11.2 Å². The number of aromatic nitrogens is 1. The number of rotatable bonds is 2. The van der Waals surface area contributed by atoms with Gasteiger partial charge in [0, 0.05) is 11.9 Å². The number of carbonyl (C=O) groups is 2. The highest BCUT2D eigenvalue weighted by molar-refractivity contribution is 9.10. The molecule has 0 saturated carbocycles. The van der Waals surface area contributed by atoms with Crippen LogP contribution in [-0.4, -0.2) is 16.8 Å². The van der Waals surface area contributed by atoms with Gasteiger partial charge in [0.1, 0.15) is 4.60 Å². The van der Waals surface area contributed by atoms with Gasteiger partial charge in [-0.15, -0.1) is 0 Å². The van der Waals surface area contributed by atoms with Gasteiger partial charge in [0.25, 0.3) is 5.91 Å². The van der Waals surface area contributed by atoms with Crippen LogP contribution in [0.3, 0.4) is 0 Å². The Hall–Kier alpha value is -1.92. The van der Waals surface area contributed by atoms with Gasteiger partial charge in [-0.3, -0.25) is 9.59 Å². The van der Waals surface area contributed by atoms with Crippen molar-refractivity contribution in [3.8, 4) is 0 Å². The minimum absolute atomic E-state index is 0.0818. The topological polar surface area (TPSA) is 71.1 Å². The summed E-state index contributed by atoms with van der Waals surface area (Å²) in [6.45, 7) is 0. The van der Waals surface area contributed by atoms with Crippen molar-refractivity contribution in [3.63, 3.8) is 0 Å². The molecule has 1 aromatic heterocycles. The van der Waals surface area contributed by atoms with Gasteiger partial charge in [-0.25, -0.2) is 4.98 Å². The lowest BCUT2D eigenvalue weighted by Gasteiger charge is -2.09. The number of pyridine rings is 1. The average molecular weight is 367 g/mol. The Morgan fingerprint density at radius 2 is 2.19 bits per heavy atom. The molecule has 2 heterocycles. The Kier molecular flexibility index (Phi) is 3.65. The summed E-state index contributed by atoms with van der Waals surface area (Å²) in [5, 5.41) is 5.80. The van der Waals surface area contributed by atoms with Gasteiger partial charge in [-0.05, 0) is 45.8 Å². The van der Waals surface area contributed by atoms with Crippen LogP contribution in [0.4, 0.5) is 11.4 Å². The second kappa shape index (κ2) is 5.46. The van der Waals surface area contributed by atoms with Crippen LogP contribution in [0, 0.1) is 0 Å². The summed E-state index contributed by atoms with van der Waals surface area (Å²) in [6, 6.07) is 6.68. The molecule has 0 bridgehead atoms. The van der Waals surface area contributed by atoms with Gasteiger partial charge in [0.15, 0.2) is 0 Å². The van der Waals surface area contributed by atoms with Gasteiger partial charge >= 0.3 is 0 Å². The molecule has 7 heteroatoms. The molecule has 106 valence electrons. The molecule has 0 radical (unpaired) electrons. The largest absolute Gasteiger partial charge is 0.325 e. The third kappa shape index (κ3) is 2.91. The molecule has 21 heavy (non-hydrogen) atoms. The number of amides is 2. The fourth-order valence-corrected chi connectivity index (χ4v) is 2.49. The molecule has 5 nitrogen and oxygen atoms in total. The second-order valence-corrected chi connectivity index (χ2v) is 5.76. The van der Waals surface area contributed by atoms with Crippen molar-refractivity contribution in [2.75, 3.05) is 10.6 Å². The summed E-state index contributed by atoms with van der Waals surface area (Å²) in [6.07, 6.45) is 1.75. The van der Waals surface area contributed by atoms with E-state index >= 15 is 0 Å². The van der Waals surface area contributed by atoms with Gasteiger partial charge in [-0.1, -0.05) is 11.6 Å². The van der Waals surface area contributed by atoms with E-state index in [0.717, 1.165) is 5.56 Å². The lowest BCUT2D eigenvalue weighted by molar-refractivity contribution is -0.115. The summed E-state index contributed by atoms with van der Waals surface area (Å²) in [4.78, 5) is 27.5. The highest BCUT2D eigenvalue weighted by atomic mass is 79.9. The maximum atomic E-state index is 12.1. The summed E-state index contributed by atoms with van der Waals surface area (Å²) in [5.74, 6) is -0.393. The molecule has 3 rings (SSSR count). The van der Waals surface area contributed by atoms with Crippen molar-refractivity contribution in [1.82, 2.24) is 4.98 Å². The molecule has 0 spiro atoms. The molecule has 1 aliphatic heterocycles. The molecule has 0 atom stereocenters. The number of anilines is 2. The van der Waals surface area contributed by atoms with Crippen molar-refractivity contribution in [3.05, 3.63) is 51.2 Å². The van der Waals surface area contributed by atoms with Crippen LogP contribution in [0.5, 0.6) is 0 Å². The van der Waals surface area contributed by atoms with Crippen molar-refractivity contribution in [2.24, 2.45) is 0 Å². The van der Waals surface area contributed by atoms with E-state index in [4.69, 9.17) is 11.6 Å². The Labute approximate surface area is 133 Å². The number of fused-ring (bicyclic) bond motifs is 1. The van der Waals surface area contributed by atoms with Crippen molar-refractivity contribution in [1.29, 1.82) is 0 Å². The minimum Gasteiger partial charge on any atom is -0.325 e. The molecular formula is C14H9BrClN3O2. The SMILES string of the molecule is O=C1Cc2cc(NC(=O)c3ccc(Br)nc3)c(Cl)cc2N1. The lowest BCUT2D eigenvalue weighted by Crippen LogP contribution is -2.12. The maximum Gasteiger partial charge on any atom is 0.257 e. The molecule has 1 aliphatic rings. The first-order chi connectivity index (χ1) is 10.0. The fraction of sp³-hybridized carbons (Fsp3) is 0.0714. The summed E-state index contributed by atoms with van der Waals surface area (Å²) < 4.78 is 0.652. The number of nitrogens with zero attached hydrogens (tertiary/aromatic N) is 1. The molecule has 2 amide bonds. The van der Waals surface area contributed by atoms with E-state index in [1.807, 2.05) is 0 Å². The monoisotopic (exact) mass is 365 g/mol. The summed E-state index contributed by atoms with van der Waals surface area (Å²) >= 11 is 9.33. The number of nitrogens with one attached hydrogen (secondary N) is 2. The highest BCUT2D eigenvalue weighted by Gasteiger charge is 2.20. The zero-order valence-corrected chi connectivity index (χ0v) is 13.0. The van der Waals surface area contributed by atoms with Crippen molar-refractivity contribution >= 4 is 50.7 Å². The zero-order chi connectivity index (χ0) is 15.0. The van der Waals surface area contributed by atoms with E-state index < -0.39 is 0 Å². The second-order valence-electron chi connectivity index (χ2n) is 4.54. The zero-order valence-electron chi connectivity index (χ0n) is 10.6. The number of hydrogen-bond acceptors (Lipinski definition) is 3. The van der Waals surface area contributed by atoms with Crippen LogP contribution in [0.25, 0.3) is 0 Å². The molecule has 0 fully saturated rings. The minimum atomic E-state index is -0.311. The molecule has 1 aromatic carbocycles. The third-order valence-corrected chi connectivity index (χ3v) is 3.84. The van der Waals surface area contributed by atoms with E-state index in [1.165, 1.54) is 6.20 Å². The lowest BCUT2D eigenvalue weighted by atomic mass is 10.1. The average Bonchev–Trinajstić information content (AvgIpc) is 2.79. The Balaban J connectivity index is 1.85. The fourth-order valence-electron chi connectivity index (χ4n) is 2.05. The standard InChI is InChI=1S/C14H9BrClN3O2/c15-12-2-1-7(6-17-12)14(21)19-11-3-8-4-13(20)18-10(8)5-9(11)16/h1-3,5-6H,4H2,(H,18,20)(H,19,21). The first-order valence-corrected chi connectivity index (χ1v) is 7.25. The summed E-state index contributed by atoms with van der Waals surface area (Å²) in [5.41, 5.74) is 2.39. The Bertz CT molecular complexity index is 747. The molecule has 0 aliphatic carbocycles. The molecule has 0 unspecified atom stereocenters. The van der Waals surface area contributed by atoms with Crippen LogP contribution >= 0.6 is 27.5 Å². The predicted octanol–water partition coefficient (Wildman–Crippen LogP) is 3.24. The van der Waals surface area contributed by atoms with Crippen LogP contribution in [0.1, 0.15) is 15.9 Å². The van der Waals surface area contributed by atoms with Crippen LogP contribution < -0.4 is 10.6 Å². The number of hydrogen-bond donors (Lipinski definition) is 2. The Morgan fingerprint density at radius 1 is 1.38 bits per heavy atom. The normalized spacial score (nSPS) is 12.8. The van der Waals surface area contributed by atoms with Crippen LogP contribution in [0.15, 0.2) is 35.1 Å². The molecular weight excluding hydrogens is 358 g/mol. The van der Waals surface area contributed by atoms with Crippen LogP contribution in [0.2, 0.25) is 5.02 Å². The van der Waals surface area contributed by atoms with E-state index in [-0.39, 0.29) is 18.2 Å².